The molecule has 0 amide bonds. The van der Waals surface area contributed by atoms with Crippen LogP contribution in [-0.2, 0) is 4.74 Å². The van der Waals surface area contributed by atoms with Crippen molar-refractivity contribution in [3.8, 4) is 22.6 Å². The lowest BCUT2D eigenvalue weighted by Crippen LogP contribution is -2.12. The Morgan fingerprint density at radius 1 is 0.875 bits per heavy atom. The second-order valence-electron chi connectivity index (χ2n) is 7.03. The number of benzene rings is 3. The van der Waals surface area contributed by atoms with Gasteiger partial charge in [0.05, 0.1) is 25.0 Å². The molecule has 32 heavy (non-hydrogen) atoms. The first-order valence-electron chi connectivity index (χ1n) is 10.2. The number of esters is 1. The number of rotatable bonds is 7. The van der Waals surface area contributed by atoms with Crippen molar-refractivity contribution in [3.05, 3.63) is 102 Å². The first-order valence-corrected chi connectivity index (χ1v) is 10.2. The van der Waals surface area contributed by atoms with Crippen LogP contribution in [0.4, 0.5) is 0 Å². The summed E-state index contributed by atoms with van der Waals surface area (Å²) in [6, 6.07) is 24.3. The Morgan fingerprint density at radius 3 is 2.16 bits per heavy atom. The predicted molar refractivity (Wildman–Crippen MR) is 121 cm³/mol. The molecule has 0 unspecified atom stereocenters. The first kappa shape index (κ1) is 21.1. The van der Waals surface area contributed by atoms with Gasteiger partial charge in [-0.3, -0.25) is 4.79 Å². The summed E-state index contributed by atoms with van der Waals surface area (Å²) in [5.74, 6) is -0.238. The molecule has 0 spiro atoms. The van der Waals surface area contributed by atoms with Gasteiger partial charge in [-0.1, -0.05) is 54.6 Å². The molecule has 0 bridgehead atoms. The topological polar surface area (TPSA) is 70.4 Å². The maximum absolute atomic E-state index is 13.3. The molecular weight excluding hydrogens is 404 g/mol. The van der Waals surface area contributed by atoms with Crippen LogP contribution in [0.15, 0.2) is 85.1 Å². The average Bonchev–Trinajstić information content (AvgIpc) is 3.30. The number of nitrogens with zero attached hydrogens (tertiary/aromatic N) is 2. The van der Waals surface area contributed by atoms with Crippen LogP contribution in [0.2, 0.25) is 0 Å². The van der Waals surface area contributed by atoms with Crippen molar-refractivity contribution in [2.75, 3.05) is 13.7 Å². The van der Waals surface area contributed by atoms with E-state index in [1.807, 2.05) is 42.5 Å². The number of methoxy groups -OCH3 is 1. The maximum Gasteiger partial charge on any atom is 0.359 e. The van der Waals surface area contributed by atoms with Gasteiger partial charge in [-0.05, 0) is 42.3 Å². The van der Waals surface area contributed by atoms with Crippen molar-refractivity contribution >= 4 is 11.8 Å². The van der Waals surface area contributed by atoms with Gasteiger partial charge in [0.1, 0.15) is 5.75 Å². The summed E-state index contributed by atoms with van der Waals surface area (Å²) in [5.41, 5.74) is 3.39. The molecule has 6 heteroatoms. The van der Waals surface area contributed by atoms with E-state index >= 15 is 0 Å². The van der Waals surface area contributed by atoms with E-state index in [-0.39, 0.29) is 23.6 Å². The zero-order valence-electron chi connectivity index (χ0n) is 17.8. The fourth-order valence-electron chi connectivity index (χ4n) is 3.36. The van der Waals surface area contributed by atoms with Crippen LogP contribution < -0.4 is 4.74 Å². The molecule has 160 valence electrons. The lowest BCUT2D eigenvalue weighted by molar-refractivity contribution is 0.0516. The van der Waals surface area contributed by atoms with E-state index in [1.54, 1.807) is 56.6 Å². The fraction of sp³-hybridized carbons (Fsp3) is 0.115. The third-order valence-corrected chi connectivity index (χ3v) is 5.02. The zero-order chi connectivity index (χ0) is 22.5. The Hall–Kier alpha value is -4.19. The lowest BCUT2D eigenvalue weighted by Gasteiger charge is -2.04. The van der Waals surface area contributed by atoms with Gasteiger partial charge in [-0.15, -0.1) is 0 Å². The molecular formula is C26H22N2O4. The molecule has 0 aliphatic rings. The van der Waals surface area contributed by atoms with Crippen LogP contribution >= 0.6 is 0 Å². The maximum atomic E-state index is 13.3. The normalized spacial score (nSPS) is 10.6. The van der Waals surface area contributed by atoms with Crippen LogP contribution in [0.1, 0.15) is 33.3 Å². The third kappa shape index (κ3) is 4.30. The molecule has 6 nitrogen and oxygen atoms in total. The van der Waals surface area contributed by atoms with E-state index < -0.39 is 5.97 Å². The Morgan fingerprint density at radius 2 is 1.53 bits per heavy atom. The minimum atomic E-state index is -0.635. The summed E-state index contributed by atoms with van der Waals surface area (Å²) in [6.07, 6.45) is 1.56. The number of hydrogen-bond donors (Lipinski definition) is 0. The Kier molecular flexibility index (Phi) is 6.12. The van der Waals surface area contributed by atoms with Gasteiger partial charge in [0.2, 0.25) is 0 Å². The van der Waals surface area contributed by atoms with Crippen LogP contribution in [0.5, 0.6) is 5.75 Å². The molecule has 0 aliphatic carbocycles. The quantitative estimate of drug-likeness (QED) is 0.309. The van der Waals surface area contributed by atoms with Gasteiger partial charge in [-0.25, -0.2) is 9.48 Å². The van der Waals surface area contributed by atoms with E-state index in [4.69, 9.17) is 9.47 Å². The fourth-order valence-corrected chi connectivity index (χ4v) is 3.36. The molecule has 4 aromatic rings. The molecule has 3 aromatic carbocycles. The largest absolute Gasteiger partial charge is 0.497 e. The number of ketones is 1. The standard InChI is InChI=1S/C26H22N2O4/c1-3-32-26(30)24-23(17-28(27-24)21-13-15-22(31-2)16-14-21)25(29)20-11-9-19(10-12-20)18-7-5-4-6-8-18/h4-17H,3H2,1-2H3. The number of hydrogen-bond acceptors (Lipinski definition) is 5. The van der Waals surface area contributed by atoms with Gasteiger partial charge in [-0.2, -0.15) is 5.10 Å². The smallest absolute Gasteiger partial charge is 0.359 e. The molecule has 1 aromatic heterocycles. The van der Waals surface area contributed by atoms with Crippen LogP contribution in [-0.4, -0.2) is 35.2 Å². The van der Waals surface area contributed by atoms with E-state index in [0.717, 1.165) is 11.1 Å². The first-order chi connectivity index (χ1) is 15.6. The summed E-state index contributed by atoms with van der Waals surface area (Å²) in [7, 11) is 1.58. The minimum absolute atomic E-state index is 0.0141. The number of aromatic nitrogens is 2. The highest BCUT2D eigenvalue weighted by molar-refractivity contribution is 6.14. The van der Waals surface area contributed by atoms with E-state index in [9.17, 15) is 9.59 Å². The highest BCUT2D eigenvalue weighted by Crippen LogP contribution is 2.23. The van der Waals surface area contributed by atoms with Gasteiger partial charge >= 0.3 is 5.97 Å². The minimum Gasteiger partial charge on any atom is -0.497 e. The van der Waals surface area contributed by atoms with E-state index in [0.29, 0.717) is 17.0 Å². The molecule has 4 rings (SSSR count). The van der Waals surface area contributed by atoms with Crippen molar-refractivity contribution in [2.45, 2.75) is 6.92 Å². The molecule has 0 saturated heterocycles. The Bertz CT molecular complexity index is 1230. The van der Waals surface area contributed by atoms with Crippen LogP contribution in [0.25, 0.3) is 16.8 Å². The number of carbonyl (C=O) groups excluding carboxylic acids is 2. The monoisotopic (exact) mass is 426 g/mol. The molecule has 0 N–H and O–H groups in total. The molecule has 1 heterocycles. The molecule has 0 radical (unpaired) electrons. The van der Waals surface area contributed by atoms with Gasteiger partial charge in [0, 0.05) is 11.8 Å². The summed E-state index contributed by atoms with van der Waals surface area (Å²) in [5, 5.41) is 4.35. The molecule has 0 saturated carbocycles. The molecule has 0 atom stereocenters. The second kappa shape index (κ2) is 9.31. The highest BCUT2D eigenvalue weighted by atomic mass is 16.5. The number of ether oxygens (including phenoxy) is 2. The van der Waals surface area contributed by atoms with Crippen LogP contribution in [0, 0.1) is 0 Å². The summed E-state index contributed by atoms with van der Waals surface area (Å²) in [4.78, 5) is 25.8. The van der Waals surface area contributed by atoms with Gasteiger partial charge in [0.15, 0.2) is 11.5 Å². The van der Waals surface area contributed by atoms with Crippen molar-refractivity contribution < 1.29 is 19.1 Å². The zero-order valence-corrected chi connectivity index (χ0v) is 17.8. The van der Waals surface area contributed by atoms with Gasteiger partial charge < -0.3 is 9.47 Å². The van der Waals surface area contributed by atoms with Crippen molar-refractivity contribution in [1.29, 1.82) is 0 Å². The molecule has 0 aliphatic heterocycles. The van der Waals surface area contributed by atoms with Crippen molar-refractivity contribution in [1.82, 2.24) is 9.78 Å². The van der Waals surface area contributed by atoms with Crippen LogP contribution in [0.3, 0.4) is 0 Å². The Labute approximate surface area is 186 Å². The lowest BCUT2D eigenvalue weighted by atomic mass is 9.99. The van der Waals surface area contributed by atoms with Crippen molar-refractivity contribution in [3.63, 3.8) is 0 Å². The Balaban J connectivity index is 1.69. The van der Waals surface area contributed by atoms with E-state index in [1.165, 1.54) is 4.68 Å². The average molecular weight is 426 g/mol. The predicted octanol–water partition coefficient (Wildman–Crippen LogP) is 4.96. The summed E-state index contributed by atoms with van der Waals surface area (Å²) < 4.78 is 11.8. The van der Waals surface area contributed by atoms with Gasteiger partial charge in [0.25, 0.3) is 0 Å². The SMILES string of the molecule is CCOC(=O)c1nn(-c2ccc(OC)cc2)cc1C(=O)c1ccc(-c2ccccc2)cc1. The van der Waals surface area contributed by atoms with Crippen molar-refractivity contribution in [2.24, 2.45) is 0 Å². The second-order valence-corrected chi connectivity index (χ2v) is 7.03. The third-order valence-electron chi connectivity index (χ3n) is 5.02. The molecule has 0 fully saturated rings. The number of carbonyl (C=O) groups is 2. The summed E-state index contributed by atoms with van der Waals surface area (Å²) >= 11 is 0. The van der Waals surface area contributed by atoms with E-state index in [2.05, 4.69) is 5.10 Å². The highest BCUT2D eigenvalue weighted by Gasteiger charge is 2.24. The summed E-state index contributed by atoms with van der Waals surface area (Å²) in [6.45, 7) is 1.90.